The number of sulfone groups is 1. The zero-order chi connectivity index (χ0) is 21.8. The van der Waals surface area contributed by atoms with Crippen LogP contribution in [-0.2, 0) is 16.3 Å². The van der Waals surface area contributed by atoms with Crippen molar-refractivity contribution in [1.29, 1.82) is 0 Å². The van der Waals surface area contributed by atoms with E-state index in [0.29, 0.717) is 25.5 Å². The van der Waals surface area contributed by atoms with Crippen molar-refractivity contribution in [3.05, 3.63) is 54.5 Å². The first kappa shape index (κ1) is 27.3. The normalized spacial score (nSPS) is 12.7. The highest BCUT2D eigenvalue weighted by Crippen LogP contribution is 2.10. The maximum atomic E-state index is 11.4. The van der Waals surface area contributed by atoms with Gasteiger partial charge in [0.15, 0.2) is 5.96 Å². The average molecular weight is 563 g/mol. The standard InChI is InChI=1S/C22H34N4O3S.HI/c1-19(13-18-30(3,27)28)25-22(24-15-12-21-11-7-17-29-21)23-14-8-16-26(2)20-9-5-4-6-10-20;/h4-7,9-11,17,19H,8,12-16,18H2,1-3H3,(H2,23,24,25);1H. The molecule has 0 amide bonds. The fraction of sp³-hybridized carbons (Fsp3) is 0.500. The number of guanidine groups is 1. The highest BCUT2D eigenvalue weighted by Gasteiger charge is 2.10. The van der Waals surface area contributed by atoms with Gasteiger partial charge in [-0.3, -0.25) is 4.99 Å². The first-order valence-electron chi connectivity index (χ1n) is 10.3. The molecule has 2 N–H and O–H groups in total. The lowest BCUT2D eigenvalue weighted by atomic mass is 10.2. The van der Waals surface area contributed by atoms with E-state index in [0.717, 1.165) is 25.1 Å². The van der Waals surface area contributed by atoms with E-state index in [1.807, 2.05) is 37.3 Å². The zero-order valence-corrected chi connectivity index (χ0v) is 21.7. The second-order valence-corrected chi connectivity index (χ2v) is 9.82. The largest absolute Gasteiger partial charge is 0.469 e. The molecule has 0 aliphatic carbocycles. The maximum Gasteiger partial charge on any atom is 0.191 e. The number of para-hydroxylation sites is 1. The number of nitrogens with zero attached hydrogens (tertiary/aromatic N) is 2. The van der Waals surface area contributed by atoms with Crippen molar-refractivity contribution < 1.29 is 12.8 Å². The number of aliphatic imine (C=N–C) groups is 1. The Bertz CT molecular complexity index is 858. The number of hydrogen-bond acceptors (Lipinski definition) is 5. The van der Waals surface area contributed by atoms with E-state index in [9.17, 15) is 8.42 Å². The highest BCUT2D eigenvalue weighted by atomic mass is 127. The predicted octanol–water partition coefficient (Wildman–Crippen LogP) is 3.33. The molecule has 1 aromatic carbocycles. The van der Waals surface area contributed by atoms with Crippen LogP contribution in [0, 0.1) is 0 Å². The van der Waals surface area contributed by atoms with Crippen LogP contribution in [-0.4, -0.2) is 59.1 Å². The molecule has 2 rings (SSSR count). The summed E-state index contributed by atoms with van der Waals surface area (Å²) in [4.78, 5) is 6.89. The molecule has 7 nitrogen and oxygen atoms in total. The molecule has 1 atom stereocenters. The minimum atomic E-state index is -2.98. The Kier molecular flexibility index (Phi) is 12.6. The molecule has 0 spiro atoms. The van der Waals surface area contributed by atoms with Crippen LogP contribution in [0.3, 0.4) is 0 Å². The molecule has 1 unspecified atom stereocenters. The summed E-state index contributed by atoms with van der Waals surface area (Å²) in [5.74, 6) is 1.77. The third-order valence-electron chi connectivity index (χ3n) is 4.67. The molecule has 0 aliphatic heterocycles. The summed E-state index contributed by atoms with van der Waals surface area (Å²) in [5.41, 5.74) is 1.19. The van der Waals surface area contributed by atoms with Crippen LogP contribution >= 0.6 is 24.0 Å². The number of hydrogen-bond donors (Lipinski definition) is 2. The van der Waals surface area contributed by atoms with Crippen LogP contribution in [0.2, 0.25) is 0 Å². The molecule has 0 bridgehead atoms. The van der Waals surface area contributed by atoms with Crippen molar-refractivity contribution in [2.24, 2.45) is 4.99 Å². The van der Waals surface area contributed by atoms with Gasteiger partial charge >= 0.3 is 0 Å². The maximum absolute atomic E-state index is 11.4. The van der Waals surface area contributed by atoms with E-state index >= 15 is 0 Å². The number of rotatable bonds is 12. The van der Waals surface area contributed by atoms with Gasteiger partial charge in [0.25, 0.3) is 0 Å². The Morgan fingerprint density at radius 3 is 2.58 bits per heavy atom. The molecule has 174 valence electrons. The third-order valence-corrected chi connectivity index (χ3v) is 5.64. The van der Waals surface area contributed by atoms with Gasteiger partial charge in [-0.05, 0) is 44.0 Å². The third kappa shape index (κ3) is 12.0. The smallest absolute Gasteiger partial charge is 0.191 e. The lowest BCUT2D eigenvalue weighted by Crippen LogP contribution is -2.43. The second kappa shape index (κ2) is 14.3. The summed E-state index contributed by atoms with van der Waals surface area (Å²) < 4.78 is 28.2. The molecule has 1 heterocycles. The Labute approximate surface area is 203 Å². The van der Waals surface area contributed by atoms with Crippen LogP contribution < -0.4 is 15.5 Å². The highest BCUT2D eigenvalue weighted by molar-refractivity contribution is 14.0. The fourth-order valence-corrected chi connectivity index (χ4v) is 3.70. The van der Waals surface area contributed by atoms with E-state index in [2.05, 4.69) is 39.7 Å². The van der Waals surface area contributed by atoms with Crippen molar-refractivity contribution in [2.45, 2.75) is 32.2 Å². The molecule has 0 saturated heterocycles. The van der Waals surface area contributed by atoms with Crippen LogP contribution in [0.4, 0.5) is 5.69 Å². The summed E-state index contributed by atoms with van der Waals surface area (Å²) in [6.07, 6.45) is 5.13. The van der Waals surface area contributed by atoms with Crippen LogP contribution in [0.1, 0.15) is 25.5 Å². The molecule has 9 heteroatoms. The number of halogens is 1. The fourth-order valence-electron chi connectivity index (χ4n) is 2.92. The molecule has 0 aliphatic rings. The minimum Gasteiger partial charge on any atom is -0.469 e. The lowest BCUT2D eigenvalue weighted by molar-refractivity contribution is 0.506. The van der Waals surface area contributed by atoms with Crippen LogP contribution in [0.15, 0.2) is 58.1 Å². The Morgan fingerprint density at radius 2 is 1.94 bits per heavy atom. The first-order valence-corrected chi connectivity index (χ1v) is 12.4. The van der Waals surface area contributed by atoms with Crippen molar-refractivity contribution in [3.8, 4) is 0 Å². The van der Waals surface area contributed by atoms with Gasteiger partial charge in [0.05, 0.1) is 12.0 Å². The quantitative estimate of drug-likeness (QED) is 0.179. The summed E-state index contributed by atoms with van der Waals surface area (Å²) in [6, 6.07) is 14.1. The number of benzene rings is 1. The Morgan fingerprint density at radius 1 is 1.19 bits per heavy atom. The zero-order valence-electron chi connectivity index (χ0n) is 18.6. The van der Waals surface area contributed by atoms with Crippen LogP contribution in [0.25, 0.3) is 0 Å². The van der Waals surface area contributed by atoms with Gasteiger partial charge in [-0.1, -0.05) is 18.2 Å². The van der Waals surface area contributed by atoms with Gasteiger partial charge in [0, 0.05) is 51.1 Å². The van der Waals surface area contributed by atoms with Gasteiger partial charge in [0.1, 0.15) is 15.6 Å². The first-order chi connectivity index (χ1) is 14.3. The molecule has 31 heavy (non-hydrogen) atoms. The van der Waals surface area contributed by atoms with Crippen molar-refractivity contribution in [1.82, 2.24) is 10.6 Å². The topological polar surface area (TPSA) is 86.9 Å². The molecular weight excluding hydrogens is 527 g/mol. The van der Waals surface area contributed by atoms with E-state index in [1.165, 1.54) is 11.9 Å². The summed E-state index contributed by atoms with van der Waals surface area (Å²) >= 11 is 0. The van der Waals surface area contributed by atoms with Gasteiger partial charge < -0.3 is 20.0 Å². The van der Waals surface area contributed by atoms with E-state index in [1.54, 1.807) is 6.26 Å². The molecule has 1 aromatic heterocycles. The van der Waals surface area contributed by atoms with Crippen LogP contribution in [0.5, 0.6) is 0 Å². The molecule has 0 saturated carbocycles. The van der Waals surface area contributed by atoms with Gasteiger partial charge in [0.2, 0.25) is 0 Å². The molecule has 2 aromatic rings. The summed E-state index contributed by atoms with van der Waals surface area (Å²) in [6.45, 7) is 4.23. The van der Waals surface area contributed by atoms with Gasteiger partial charge in [-0.2, -0.15) is 0 Å². The molecular formula is C22H35IN4O3S. The van der Waals surface area contributed by atoms with E-state index in [-0.39, 0.29) is 35.8 Å². The van der Waals surface area contributed by atoms with Crippen molar-refractivity contribution in [3.63, 3.8) is 0 Å². The minimum absolute atomic E-state index is 0. The lowest BCUT2D eigenvalue weighted by Gasteiger charge is -2.20. The van der Waals surface area contributed by atoms with E-state index in [4.69, 9.17) is 4.42 Å². The predicted molar refractivity (Wildman–Crippen MR) is 139 cm³/mol. The second-order valence-electron chi connectivity index (χ2n) is 7.56. The summed E-state index contributed by atoms with van der Waals surface area (Å²) in [5, 5.41) is 6.64. The summed E-state index contributed by atoms with van der Waals surface area (Å²) in [7, 11) is -0.900. The van der Waals surface area contributed by atoms with Crippen molar-refractivity contribution >= 4 is 45.5 Å². The molecule has 0 fully saturated rings. The average Bonchev–Trinajstić information content (AvgIpc) is 3.23. The SMILES string of the molecule is CC(CCS(C)(=O)=O)NC(=NCCCN(C)c1ccccc1)NCCc1ccco1.I. The number of furan rings is 1. The Balaban J connectivity index is 0.00000480. The number of nitrogens with one attached hydrogen (secondary N) is 2. The Hall–Kier alpha value is -1.75. The van der Waals surface area contributed by atoms with E-state index < -0.39 is 9.84 Å². The monoisotopic (exact) mass is 562 g/mol. The van der Waals surface area contributed by atoms with Gasteiger partial charge in [-0.25, -0.2) is 8.42 Å². The molecule has 0 radical (unpaired) electrons. The van der Waals surface area contributed by atoms with Crippen molar-refractivity contribution in [2.75, 3.05) is 43.6 Å². The van der Waals surface area contributed by atoms with Gasteiger partial charge in [-0.15, -0.1) is 24.0 Å². The number of anilines is 1.